The number of para-hydroxylation sites is 1. The molecular weight excluding hydrogens is 340 g/mol. The average molecular weight is 360 g/mol. The van der Waals surface area contributed by atoms with Crippen LogP contribution in [0.15, 0.2) is 41.8 Å². The third-order valence-electron chi connectivity index (χ3n) is 3.82. The number of anilines is 1. The summed E-state index contributed by atoms with van der Waals surface area (Å²) in [7, 11) is 1.87. The lowest BCUT2D eigenvalue weighted by molar-refractivity contribution is -0.121. The van der Waals surface area contributed by atoms with Crippen LogP contribution in [-0.4, -0.2) is 63.5 Å². The zero-order valence-electron chi connectivity index (χ0n) is 14.0. The number of thioether (sulfide) groups is 1. The Morgan fingerprint density at radius 2 is 2.08 bits per heavy atom. The topological polar surface area (TPSA) is 83.4 Å². The maximum absolute atomic E-state index is 12.4. The summed E-state index contributed by atoms with van der Waals surface area (Å²) < 4.78 is 1.83. The van der Waals surface area contributed by atoms with Gasteiger partial charge < -0.3 is 14.8 Å². The summed E-state index contributed by atoms with van der Waals surface area (Å²) in [4.78, 5) is 27.7. The van der Waals surface area contributed by atoms with Gasteiger partial charge in [0.15, 0.2) is 5.16 Å². The van der Waals surface area contributed by atoms with Crippen molar-refractivity contribution in [3.05, 3.63) is 36.7 Å². The van der Waals surface area contributed by atoms with Gasteiger partial charge in [0.1, 0.15) is 12.9 Å². The second kappa shape index (κ2) is 8.02. The Labute approximate surface area is 150 Å². The number of amides is 3. The number of carbonyl (C=O) groups excluding carboxylic acids is 2. The zero-order valence-corrected chi connectivity index (χ0v) is 14.8. The second-order valence-corrected chi connectivity index (χ2v) is 6.68. The number of aryl methyl sites for hydroxylation is 1. The van der Waals surface area contributed by atoms with Crippen LogP contribution in [0.4, 0.5) is 10.5 Å². The predicted octanol–water partition coefficient (Wildman–Crippen LogP) is 0.966. The van der Waals surface area contributed by atoms with E-state index in [1.807, 2.05) is 41.9 Å². The van der Waals surface area contributed by atoms with Crippen molar-refractivity contribution < 1.29 is 9.59 Å². The van der Waals surface area contributed by atoms with Crippen molar-refractivity contribution in [2.75, 3.05) is 36.8 Å². The van der Waals surface area contributed by atoms with Crippen molar-refractivity contribution in [1.82, 2.24) is 25.0 Å². The Hall–Kier alpha value is -2.55. The lowest BCUT2D eigenvalue weighted by Crippen LogP contribution is -2.40. The smallest absolute Gasteiger partial charge is 0.325 e. The summed E-state index contributed by atoms with van der Waals surface area (Å²) in [5.41, 5.74) is 0.857. The summed E-state index contributed by atoms with van der Waals surface area (Å²) in [5, 5.41) is 11.4. The largest absolute Gasteiger partial charge is 0.354 e. The van der Waals surface area contributed by atoms with Gasteiger partial charge >= 0.3 is 6.03 Å². The normalized spacial score (nSPS) is 14.2. The average Bonchev–Trinajstić information content (AvgIpc) is 3.19. The Morgan fingerprint density at radius 1 is 1.28 bits per heavy atom. The van der Waals surface area contributed by atoms with Crippen molar-refractivity contribution in [1.29, 1.82) is 0 Å². The predicted molar refractivity (Wildman–Crippen MR) is 95.5 cm³/mol. The number of benzene rings is 1. The molecule has 0 saturated carbocycles. The molecule has 25 heavy (non-hydrogen) atoms. The SMILES string of the molecule is Cn1cnnc1SCCNC(=O)CN1CCN(c2ccccc2)C1=O. The maximum Gasteiger partial charge on any atom is 0.325 e. The van der Waals surface area contributed by atoms with Crippen LogP contribution in [0.1, 0.15) is 0 Å². The van der Waals surface area contributed by atoms with E-state index in [0.717, 1.165) is 10.8 Å². The fourth-order valence-electron chi connectivity index (χ4n) is 2.54. The fraction of sp³-hybridized carbons (Fsp3) is 0.375. The Kier molecular flexibility index (Phi) is 5.54. The molecule has 1 aromatic carbocycles. The number of carbonyl (C=O) groups is 2. The van der Waals surface area contributed by atoms with Gasteiger partial charge in [-0.25, -0.2) is 4.79 Å². The first-order valence-electron chi connectivity index (χ1n) is 8.00. The molecule has 3 amide bonds. The summed E-state index contributed by atoms with van der Waals surface area (Å²) in [6.07, 6.45) is 1.64. The van der Waals surface area contributed by atoms with Crippen LogP contribution < -0.4 is 10.2 Å². The van der Waals surface area contributed by atoms with Crippen LogP contribution in [0.3, 0.4) is 0 Å². The fourth-order valence-corrected chi connectivity index (χ4v) is 3.28. The molecule has 132 valence electrons. The number of aromatic nitrogens is 3. The first kappa shape index (κ1) is 17.3. The van der Waals surface area contributed by atoms with Gasteiger partial charge in [0.25, 0.3) is 0 Å². The molecule has 0 radical (unpaired) electrons. The number of urea groups is 1. The van der Waals surface area contributed by atoms with Crippen LogP contribution in [0.2, 0.25) is 0 Å². The molecule has 1 N–H and O–H groups in total. The van der Waals surface area contributed by atoms with Gasteiger partial charge in [-0.15, -0.1) is 10.2 Å². The van der Waals surface area contributed by atoms with Gasteiger partial charge in [-0.3, -0.25) is 9.69 Å². The number of hydrogen-bond donors (Lipinski definition) is 1. The van der Waals surface area contributed by atoms with Crippen molar-refractivity contribution in [3.63, 3.8) is 0 Å². The molecule has 3 rings (SSSR count). The lowest BCUT2D eigenvalue weighted by atomic mass is 10.3. The third kappa shape index (κ3) is 4.30. The number of nitrogens with zero attached hydrogens (tertiary/aromatic N) is 5. The molecule has 1 aliphatic rings. The molecule has 0 bridgehead atoms. The van der Waals surface area contributed by atoms with Crippen LogP contribution in [0.5, 0.6) is 0 Å². The van der Waals surface area contributed by atoms with E-state index in [9.17, 15) is 9.59 Å². The van der Waals surface area contributed by atoms with Gasteiger partial charge in [-0.1, -0.05) is 30.0 Å². The number of hydrogen-bond acceptors (Lipinski definition) is 5. The molecular formula is C16H20N6O2S. The van der Waals surface area contributed by atoms with E-state index >= 15 is 0 Å². The van der Waals surface area contributed by atoms with E-state index in [1.54, 1.807) is 16.1 Å². The van der Waals surface area contributed by atoms with E-state index in [1.165, 1.54) is 11.8 Å². The number of nitrogens with one attached hydrogen (secondary N) is 1. The second-order valence-electron chi connectivity index (χ2n) is 5.61. The molecule has 0 atom stereocenters. The van der Waals surface area contributed by atoms with Crippen molar-refractivity contribution >= 4 is 29.4 Å². The summed E-state index contributed by atoms with van der Waals surface area (Å²) >= 11 is 1.52. The van der Waals surface area contributed by atoms with E-state index < -0.39 is 0 Å². The van der Waals surface area contributed by atoms with Crippen molar-refractivity contribution in [3.8, 4) is 0 Å². The third-order valence-corrected chi connectivity index (χ3v) is 4.86. The van der Waals surface area contributed by atoms with Crippen molar-refractivity contribution in [2.45, 2.75) is 5.16 Å². The van der Waals surface area contributed by atoms with Crippen LogP contribution >= 0.6 is 11.8 Å². The Morgan fingerprint density at radius 3 is 2.80 bits per heavy atom. The standard InChI is InChI=1S/C16H20N6O2S/c1-20-12-18-19-15(20)25-10-7-17-14(23)11-21-8-9-22(16(21)24)13-5-3-2-4-6-13/h2-6,12H,7-11H2,1H3,(H,17,23). The summed E-state index contributed by atoms with van der Waals surface area (Å²) in [6.45, 7) is 1.74. The van der Waals surface area contributed by atoms with Gasteiger partial charge in [0.05, 0.1) is 0 Å². The van der Waals surface area contributed by atoms with E-state index in [4.69, 9.17) is 0 Å². The molecule has 1 aromatic heterocycles. The minimum atomic E-state index is -0.151. The Balaban J connectivity index is 1.41. The van der Waals surface area contributed by atoms with Gasteiger partial charge in [-0.05, 0) is 12.1 Å². The molecule has 1 aliphatic heterocycles. The molecule has 0 unspecified atom stereocenters. The highest BCUT2D eigenvalue weighted by molar-refractivity contribution is 7.99. The van der Waals surface area contributed by atoms with Gasteiger partial charge in [0.2, 0.25) is 5.91 Å². The molecule has 0 spiro atoms. The van der Waals surface area contributed by atoms with E-state index in [2.05, 4.69) is 15.5 Å². The van der Waals surface area contributed by atoms with Gasteiger partial charge in [0, 0.05) is 38.1 Å². The molecule has 8 nitrogen and oxygen atoms in total. The quantitative estimate of drug-likeness (QED) is 0.587. The van der Waals surface area contributed by atoms with E-state index in [-0.39, 0.29) is 18.5 Å². The van der Waals surface area contributed by atoms with E-state index in [0.29, 0.717) is 25.4 Å². The highest BCUT2D eigenvalue weighted by Crippen LogP contribution is 2.19. The summed E-state index contributed by atoms with van der Waals surface area (Å²) in [6, 6.07) is 9.36. The highest BCUT2D eigenvalue weighted by Gasteiger charge is 2.30. The molecule has 1 fully saturated rings. The lowest BCUT2D eigenvalue weighted by Gasteiger charge is -2.18. The maximum atomic E-state index is 12.4. The molecule has 2 heterocycles. The van der Waals surface area contributed by atoms with Gasteiger partial charge in [-0.2, -0.15) is 0 Å². The molecule has 2 aromatic rings. The van der Waals surface area contributed by atoms with Crippen LogP contribution in [-0.2, 0) is 11.8 Å². The highest BCUT2D eigenvalue weighted by atomic mass is 32.2. The van der Waals surface area contributed by atoms with Crippen LogP contribution in [0, 0.1) is 0 Å². The van der Waals surface area contributed by atoms with Crippen LogP contribution in [0.25, 0.3) is 0 Å². The minimum absolute atomic E-state index is 0.0802. The molecule has 1 saturated heterocycles. The first-order chi connectivity index (χ1) is 12.1. The number of rotatable bonds is 7. The molecule has 0 aliphatic carbocycles. The molecule has 9 heteroatoms. The Bertz CT molecular complexity index is 735. The monoisotopic (exact) mass is 360 g/mol. The minimum Gasteiger partial charge on any atom is -0.354 e. The zero-order chi connectivity index (χ0) is 17.6. The van der Waals surface area contributed by atoms with Crippen molar-refractivity contribution in [2.24, 2.45) is 7.05 Å². The summed E-state index contributed by atoms with van der Waals surface area (Å²) in [5.74, 6) is 0.546. The first-order valence-corrected chi connectivity index (χ1v) is 8.98.